The predicted molar refractivity (Wildman–Crippen MR) is 71.3 cm³/mol. The van der Waals surface area contributed by atoms with Crippen molar-refractivity contribution in [2.45, 2.75) is 12.8 Å². The van der Waals surface area contributed by atoms with Crippen LogP contribution in [0, 0.1) is 5.82 Å². The highest BCUT2D eigenvalue weighted by Gasteiger charge is 2.32. The van der Waals surface area contributed by atoms with Crippen LogP contribution < -0.4 is 10.5 Å². The Morgan fingerprint density at radius 2 is 1.71 bits per heavy atom. The molecule has 0 radical (unpaired) electrons. The Kier molecular flexibility index (Phi) is 4.47. The lowest BCUT2D eigenvalue weighted by atomic mass is 10.0. The molecule has 0 saturated heterocycles. The highest BCUT2D eigenvalue weighted by Crippen LogP contribution is 2.35. The van der Waals surface area contributed by atoms with Crippen LogP contribution in [0.5, 0.6) is 5.75 Å². The van der Waals surface area contributed by atoms with Crippen LogP contribution in [0.15, 0.2) is 42.5 Å². The van der Waals surface area contributed by atoms with E-state index < -0.39 is 17.9 Å². The molecule has 0 bridgehead atoms. The van der Waals surface area contributed by atoms with E-state index in [-0.39, 0.29) is 11.1 Å². The SMILES string of the molecule is NCCc1ccc(F)c(-c2ccccc2OC(F)(F)F)c1. The summed E-state index contributed by atoms with van der Waals surface area (Å²) in [5, 5.41) is 0. The van der Waals surface area contributed by atoms with E-state index in [1.54, 1.807) is 6.07 Å². The Hall–Kier alpha value is -2.08. The molecule has 0 spiro atoms. The lowest BCUT2D eigenvalue weighted by Gasteiger charge is -2.14. The standard InChI is InChI=1S/C15H13F4NO/c16-13-6-5-10(7-8-20)9-12(13)11-3-1-2-4-14(11)21-15(17,18)19/h1-6,9H,7-8,20H2. The van der Waals surface area contributed by atoms with Gasteiger partial charge in [-0.15, -0.1) is 13.2 Å². The normalized spacial score (nSPS) is 11.5. The van der Waals surface area contributed by atoms with E-state index in [1.165, 1.54) is 30.3 Å². The summed E-state index contributed by atoms with van der Waals surface area (Å²) in [4.78, 5) is 0. The monoisotopic (exact) mass is 299 g/mol. The maximum absolute atomic E-state index is 13.9. The minimum Gasteiger partial charge on any atom is -0.405 e. The van der Waals surface area contributed by atoms with Crippen LogP contribution in [0.1, 0.15) is 5.56 Å². The first-order chi connectivity index (χ1) is 9.90. The Bertz CT molecular complexity index is 625. The number of halogens is 4. The van der Waals surface area contributed by atoms with Crippen molar-refractivity contribution in [2.24, 2.45) is 5.73 Å². The van der Waals surface area contributed by atoms with Crippen molar-refractivity contribution in [2.75, 3.05) is 6.54 Å². The van der Waals surface area contributed by atoms with Gasteiger partial charge >= 0.3 is 6.36 Å². The summed E-state index contributed by atoms with van der Waals surface area (Å²) in [6, 6.07) is 9.70. The number of benzene rings is 2. The zero-order valence-corrected chi connectivity index (χ0v) is 11.0. The van der Waals surface area contributed by atoms with Gasteiger partial charge in [-0.25, -0.2) is 4.39 Å². The van der Waals surface area contributed by atoms with E-state index in [4.69, 9.17) is 5.73 Å². The van der Waals surface area contributed by atoms with Gasteiger partial charge in [-0.1, -0.05) is 24.3 Å². The third-order valence-electron chi connectivity index (χ3n) is 2.87. The quantitative estimate of drug-likeness (QED) is 0.869. The van der Waals surface area contributed by atoms with Gasteiger partial charge in [-0.3, -0.25) is 0 Å². The fraction of sp³-hybridized carbons (Fsp3) is 0.200. The molecule has 2 nitrogen and oxygen atoms in total. The molecule has 0 aliphatic heterocycles. The molecule has 0 atom stereocenters. The molecule has 112 valence electrons. The summed E-state index contributed by atoms with van der Waals surface area (Å²) in [7, 11) is 0. The molecule has 6 heteroatoms. The number of para-hydroxylation sites is 1. The van der Waals surface area contributed by atoms with Crippen molar-refractivity contribution >= 4 is 0 Å². The first kappa shape index (κ1) is 15.3. The maximum Gasteiger partial charge on any atom is 0.573 e. The zero-order chi connectivity index (χ0) is 15.5. The minimum absolute atomic E-state index is 0.0474. The molecule has 0 amide bonds. The van der Waals surface area contributed by atoms with E-state index >= 15 is 0 Å². The van der Waals surface area contributed by atoms with Crippen molar-refractivity contribution < 1.29 is 22.3 Å². The molecule has 2 aromatic rings. The van der Waals surface area contributed by atoms with Gasteiger partial charge in [0.25, 0.3) is 0 Å². The fourth-order valence-electron chi connectivity index (χ4n) is 2.00. The number of hydrogen-bond acceptors (Lipinski definition) is 2. The average Bonchev–Trinajstić information content (AvgIpc) is 2.40. The average molecular weight is 299 g/mol. The van der Waals surface area contributed by atoms with Crippen molar-refractivity contribution in [3.05, 3.63) is 53.8 Å². The van der Waals surface area contributed by atoms with E-state index in [9.17, 15) is 17.6 Å². The topological polar surface area (TPSA) is 35.2 Å². The minimum atomic E-state index is -4.83. The second-order valence-electron chi connectivity index (χ2n) is 4.40. The van der Waals surface area contributed by atoms with E-state index in [0.29, 0.717) is 13.0 Å². The molecule has 0 heterocycles. The lowest BCUT2D eigenvalue weighted by molar-refractivity contribution is -0.274. The van der Waals surface area contributed by atoms with Crippen LogP contribution >= 0.6 is 0 Å². The Morgan fingerprint density at radius 1 is 1.00 bits per heavy atom. The zero-order valence-electron chi connectivity index (χ0n) is 11.0. The van der Waals surface area contributed by atoms with Crippen molar-refractivity contribution in [1.82, 2.24) is 0 Å². The van der Waals surface area contributed by atoms with E-state index in [2.05, 4.69) is 4.74 Å². The van der Waals surface area contributed by atoms with E-state index in [1.807, 2.05) is 0 Å². The smallest absolute Gasteiger partial charge is 0.405 e. The molecular formula is C15H13F4NO. The maximum atomic E-state index is 13.9. The van der Waals surface area contributed by atoms with Gasteiger partial charge in [-0.2, -0.15) is 0 Å². The van der Waals surface area contributed by atoms with Gasteiger partial charge in [0.1, 0.15) is 11.6 Å². The number of rotatable bonds is 4. The van der Waals surface area contributed by atoms with Gasteiger partial charge in [-0.05, 0) is 36.7 Å². The molecule has 0 unspecified atom stereocenters. The summed E-state index contributed by atoms with van der Waals surface area (Å²) < 4.78 is 55.1. The van der Waals surface area contributed by atoms with Crippen LogP contribution in [0.2, 0.25) is 0 Å². The molecule has 21 heavy (non-hydrogen) atoms. The Balaban J connectivity index is 2.49. The van der Waals surface area contributed by atoms with Gasteiger partial charge < -0.3 is 10.5 Å². The number of alkyl halides is 3. The number of ether oxygens (including phenoxy) is 1. The summed E-state index contributed by atoms with van der Waals surface area (Å²) in [5.41, 5.74) is 6.28. The molecule has 0 aromatic heterocycles. The Labute approximate surface area is 119 Å². The summed E-state index contributed by atoms with van der Waals surface area (Å²) in [6.45, 7) is 0.367. The molecule has 0 aliphatic rings. The number of hydrogen-bond donors (Lipinski definition) is 1. The van der Waals surface area contributed by atoms with Crippen LogP contribution in [0.4, 0.5) is 17.6 Å². The first-order valence-electron chi connectivity index (χ1n) is 6.24. The molecule has 2 N–H and O–H groups in total. The predicted octanol–water partition coefficient (Wildman–Crippen LogP) is 3.89. The van der Waals surface area contributed by atoms with Crippen LogP contribution in [-0.2, 0) is 6.42 Å². The summed E-state index contributed by atoms with van der Waals surface area (Å²) in [6.07, 6.45) is -4.32. The molecule has 0 fully saturated rings. The summed E-state index contributed by atoms with van der Waals surface area (Å²) >= 11 is 0. The van der Waals surface area contributed by atoms with E-state index in [0.717, 1.165) is 11.6 Å². The van der Waals surface area contributed by atoms with Crippen LogP contribution in [-0.4, -0.2) is 12.9 Å². The van der Waals surface area contributed by atoms with Gasteiger partial charge in [0.05, 0.1) is 0 Å². The molecule has 0 aliphatic carbocycles. The molecular weight excluding hydrogens is 286 g/mol. The highest BCUT2D eigenvalue weighted by molar-refractivity contribution is 5.71. The van der Waals surface area contributed by atoms with Gasteiger partial charge in [0, 0.05) is 11.1 Å². The number of nitrogens with two attached hydrogens (primary N) is 1. The second-order valence-corrected chi connectivity index (χ2v) is 4.40. The van der Waals surface area contributed by atoms with Crippen molar-refractivity contribution in [3.8, 4) is 16.9 Å². The summed E-state index contributed by atoms with van der Waals surface area (Å²) in [5.74, 6) is -1.05. The fourth-order valence-corrected chi connectivity index (χ4v) is 2.00. The van der Waals surface area contributed by atoms with Crippen LogP contribution in [0.3, 0.4) is 0 Å². The third kappa shape index (κ3) is 3.95. The lowest BCUT2D eigenvalue weighted by Crippen LogP contribution is -2.17. The molecule has 2 aromatic carbocycles. The molecule has 2 rings (SSSR count). The third-order valence-corrected chi connectivity index (χ3v) is 2.87. The van der Waals surface area contributed by atoms with Crippen molar-refractivity contribution in [3.63, 3.8) is 0 Å². The Morgan fingerprint density at radius 3 is 2.38 bits per heavy atom. The van der Waals surface area contributed by atoms with Crippen molar-refractivity contribution in [1.29, 1.82) is 0 Å². The largest absolute Gasteiger partial charge is 0.573 e. The van der Waals surface area contributed by atoms with Gasteiger partial charge in [0.15, 0.2) is 0 Å². The second kappa shape index (κ2) is 6.13. The first-order valence-corrected chi connectivity index (χ1v) is 6.24. The van der Waals surface area contributed by atoms with Crippen LogP contribution in [0.25, 0.3) is 11.1 Å². The highest BCUT2D eigenvalue weighted by atomic mass is 19.4. The molecule has 0 saturated carbocycles. The van der Waals surface area contributed by atoms with Gasteiger partial charge in [0.2, 0.25) is 0 Å².